The largest absolute Gasteiger partial charge is 0.497 e. The maximum atomic E-state index is 12.4. The third-order valence-electron chi connectivity index (χ3n) is 3.88. The first-order valence-corrected chi connectivity index (χ1v) is 9.29. The van der Waals surface area contributed by atoms with Gasteiger partial charge < -0.3 is 10.1 Å². The van der Waals surface area contributed by atoms with Gasteiger partial charge in [0.2, 0.25) is 5.91 Å². The highest BCUT2D eigenvalue weighted by atomic mass is 32.2. The molecule has 0 atom stereocenters. The quantitative estimate of drug-likeness (QED) is 0.752. The molecule has 1 N–H and O–H groups in total. The summed E-state index contributed by atoms with van der Waals surface area (Å²) >= 11 is 0.821. The van der Waals surface area contributed by atoms with Gasteiger partial charge in [-0.25, -0.2) is 0 Å². The van der Waals surface area contributed by atoms with Crippen LogP contribution in [0.1, 0.15) is 5.56 Å². The number of hydrogen-bond acceptors (Lipinski definition) is 5. The highest BCUT2D eigenvalue weighted by molar-refractivity contribution is 8.18. The van der Waals surface area contributed by atoms with E-state index in [4.69, 9.17) is 4.74 Å². The lowest BCUT2D eigenvalue weighted by molar-refractivity contribution is -0.127. The van der Waals surface area contributed by atoms with E-state index < -0.39 is 17.1 Å². The predicted octanol–water partition coefficient (Wildman–Crippen LogP) is 3.93. The fourth-order valence-electron chi connectivity index (χ4n) is 2.48. The van der Waals surface area contributed by atoms with Gasteiger partial charge in [0.25, 0.3) is 11.1 Å². The fourth-order valence-corrected chi connectivity index (χ4v) is 3.27. The Morgan fingerprint density at radius 2 is 1.82 bits per heavy atom. The number of thioether (sulfide) groups is 1. The van der Waals surface area contributed by atoms with E-state index in [1.807, 2.05) is 36.4 Å². The first-order valence-electron chi connectivity index (χ1n) is 8.48. The number of imide groups is 1. The van der Waals surface area contributed by atoms with Crippen LogP contribution in [0, 0.1) is 0 Å². The summed E-state index contributed by atoms with van der Waals surface area (Å²) in [6.45, 7) is -0.337. The van der Waals surface area contributed by atoms with Crippen molar-refractivity contribution < 1.29 is 19.1 Å². The third kappa shape index (κ3) is 4.89. The number of hydrogen-bond donors (Lipinski definition) is 1. The number of carbonyl (C=O) groups is 3. The molecule has 2 aromatic carbocycles. The normalized spacial score (nSPS) is 15.5. The van der Waals surface area contributed by atoms with Crippen molar-refractivity contribution in [2.75, 3.05) is 19.0 Å². The summed E-state index contributed by atoms with van der Waals surface area (Å²) in [7, 11) is 1.55. The van der Waals surface area contributed by atoms with Gasteiger partial charge in [0.05, 0.1) is 12.0 Å². The van der Waals surface area contributed by atoms with Crippen molar-refractivity contribution in [1.82, 2.24) is 4.90 Å². The Balaban J connectivity index is 1.60. The molecule has 0 unspecified atom stereocenters. The van der Waals surface area contributed by atoms with Crippen molar-refractivity contribution in [2.24, 2.45) is 0 Å². The molecule has 28 heavy (non-hydrogen) atoms. The van der Waals surface area contributed by atoms with Crippen LogP contribution in [0.5, 0.6) is 5.75 Å². The van der Waals surface area contributed by atoms with Crippen LogP contribution < -0.4 is 10.1 Å². The van der Waals surface area contributed by atoms with Gasteiger partial charge in [-0.1, -0.05) is 42.5 Å². The van der Waals surface area contributed by atoms with Crippen molar-refractivity contribution in [2.45, 2.75) is 0 Å². The molecule has 6 nitrogen and oxygen atoms in total. The number of carbonyl (C=O) groups excluding carboxylic acids is 3. The number of methoxy groups -OCH3 is 1. The summed E-state index contributed by atoms with van der Waals surface area (Å²) in [4.78, 5) is 37.9. The molecule has 3 amide bonds. The van der Waals surface area contributed by atoms with E-state index in [1.54, 1.807) is 43.5 Å². The second-order valence-electron chi connectivity index (χ2n) is 5.84. The molecule has 3 rings (SSSR count). The summed E-state index contributed by atoms with van der Waals surface area (Å²) in [5.74, 6) is -0.260. The first-order chi connectivity index (χ1) is 13.6. The lowest BCUT2D eigenvalue weighted by atomic mass is 10.2. The van der Waals surface area contributed by atoms with Crippen molar-refractivity contribution in [3.8, 4) is 5.75 Å². The Labute approximate surface area is 166 Å². The molecule has 0 spiro atoms. The van der Waals surface area contributed by atoms with Crippen molar-refractivity contribution in [3.63, 3.8) is 0 Å². The van der Waals surface area contributed by atoms with E-state index >= 15 is 0 Å². The average molecular weight is 394 g/mol. The van der Waals surface area contributed by atoms with E-state index in [0.29, 0.717) is 11.4 Å². The standard InChI is InChI=1S/C21H18N2O4S/c1-27-17-12-10-16(11-13-17)22-19(24)14-23-20(25)18(28-21(23)26)9-5-8-15-6-3-2-4-7-15/h2-13H,14H2,1H3,(H,22,24)/b8-5+,18-9-. The summed E-state index contributed by atoms with van der Waals surface area (Å²) in [5, 5.41) is 2.19. The van der Waals surface area contributed by atoms with Crippen LogP contribution in [0.4, 0.5) is 10.5 Å². The Morgan fingerprint density at radius 1 is 1.11 bits per heavy atom. The molecule has 0 bridgehead atoms. The molecule has 0 aliphatic carbocycles. The minimum Gasteiger partial charge on any atom is -0.497 e. The molecule has 0 saturated carbocycles. The molecule has 142 valence electrons. The van der Waals surface area contributed by atoms with Crippen LogP contribution in [0.2, 0.25) is 0 Å². The van der Waals surface area contributed by atoms with Gasteiger partial charge in [-0.15, -0.1) is 0 Å². The zero-order chi connectivity index (χ0) is 19.9. The number of ether oxygens (including phenoxy) is 1. The predicted molar refractivity (Wildman–Crippen MR) is 110 cm³/mol. The lowest BCUT2D eigenvalue weighted by Crippen LogP contribution is -2.36. The van der Waals surface area contributed by atoms with Crippen molar-refractivity contribution in [3.05, 3.63) is 77.2 Å². The Hall–Kier alpha value is -3.32. The van der Waals surface area contributed by atoms with Gasteiger partial charge in [-0.3, -0.25) is 19.3 Å². The number of benzene rings is 2. The molecular formula is C21H18N2O4S. The second-order valence-corrected chi connectivity index (χ2v) is 6.83. The molecule has 0 radical (unpaired) electrons. The Bertz CT molecular complexity index is 937. The molecular weight excluding hydrogens is 376 g/mol. The number of rotatable bonds is 6. The fraction of sp³-hybridized carbons (Fsp3) is 0.0952. The summed E-state index contributed by atoms with van der Waals surface area (Å²) in [6.07, 6.45) is 5.13. The molecule has 0 aromatic heterocycles. The molecule has 1 heterocycles. The van der Waals surface area contributed by atoms with Crippen molar-refractivity contribution in [1.29, 1.82) is 0 Å². The molecule has 1 saturated heterocycles. The van der Waals surface area contributed by atoms with Gasteiger partial charge in [-0.2, -0.15) is 0 Å². The number of amides is 3. The van der Waals surface area contributed by atoms with Gasteiger partial charge in [0.15, 0.2) is 0 Å². The van der Waals surface area contributed by atoms with Gasteiger partial charge >= 0.3 is 0 Å². The highest BCUT2D eigenvalue weighted by Gasteiger charge is 2.35. The smallest absolute Gasteiger partial charge is 0.294 e. The van der Waals surface area contributed by atoms with Crippen molar-refractivity contribution >= 4 is 40.6 Å². The number of nitrogens with zero attached hydrogens (tertiary/aromatic N) is 1. The SMILES string of the molecule is COc1ccc(NC(=O)CN2C(=O)S/C(=C\C=C\c3ccccc3)C2=O)cc1. The van der Waals surface area contributed by atoms with Crippen LogP contribution in [0.25, 0.3) is 6.08 Å². The number of allylic oxidation sites excluding steroid dienone is 2. The van der Waals surface area contributed by atoms with Gasteiger partial charge in [0.1, 0.15) is 12.3 Å². The molecule has 1 aliphatic heterocycles. The minimum atomic E-state index is -0.474. The van der Waals surface area contributed by atoms with Crippen LogP contribution >= 0.6 is 11.8 Å². The van der Waals surface area contributed by atoms with Crippen LogP contribution in [-0.4, -0.2) is 35.6 Å². The Morgan fingerprint density at radius 3 is 2.50 bits per heavy atom. The topological polar surface area (TPSA) is 75.7 Å². The maximum absolute atomic E-state index is 12.4. The van der Waals surface area contributed by atoms with Crippen LogP contribution in [0.3, 0.4) is 0 Å². The first kappa shape index (κ1) is 19.4. The monoisotopic (exact) mass is 394 g/mol. The lowest BCUT2D eigenvalue weighted by Gasteiger charge is -2.12. The van der Waals surface area contributed by atoms with Crippen LogP contribution in [-0.2, 0) is 9.59 Å². The summed E-state index contributed by atoms with van der Waals surface area (Å²) in [6, 6.07) is 16.4. The Kier molecular flexibility index (Phi) is 6.29. The summed E-state index contributed by atoms with van der Waals surface area (Å²) in [5.41, 5.74) is 1.54. The zero-order valence-electron chi connectivity index (χ0n) is 15.1. The van der Waals surface area contributed by atoms with E-state index in [1.165, 1.54) is 0 Å². The van der Waals surface area contributed by atoms with Crippen LogP contribution in [0.15, 0.2) is 71.7 Å². The molecule has 1 fully saturated rings. The molecule has 1 aliphatic rings. The average Bonchev–Trinajstić information content (AvgIpc) is 2.97. The highest BCUT2D eigenvalue weighted by Crippen LogP contribution is 2.30. The van der Waals surface area contributed by atoms with E-state index in [9.17, 15) is 14.4 Å². The second kappa shape index (κ2) is 9.05. The number of anilines is 1. The van der Waals surface area contributed by atoms with E-state index in [-0.39, 0.29) is 11.4 Å². The minimum absolute atomic E-state index is 0.287. The van der Waals surface area contributed by atoms with E-state index in [0.717, 1.165) is 22.2 Å². The third-order valence-corrected chi connectivity index (χ3v) is 4.81. The molecule has 2 aromatic rings. The maximum Gasteiger partial charge on any atom is 0.294 e. The summed E-state index contributed by atoms with van der Waals surface area (Å²) < 4.78 is 5.06. The van der Waals surface area contributed by atoms with Gasteiger partial charge in [-0.05, 0) is 47.7 Å². The zero-order valence-corrected chi connectivity index (χ0v) is 15.9. The molecule has 7 heteroatoms. The van der Waals surface area contributed by atoms with E-state index in [2.05, 4.69) is 5.32 Å². The van der Waals surface area contributed by atoms with Gasteiger partial charge in [0, 0.05) is 5.69 Å². The number of nitrogens with one attached hydrogen (secondary N) is 1.